The zero-order valence-corrected chi connectivity index (χ0v) is 13.7. The summed E-state index contributed by atoms with van der Waals surface area (Å²) in [5, 5.41) is 0. The van der Waals surface area contributed by atoms with Gasteiger partial charge >= 0.3 is 0 Å². The predicted octanol–water partition coefficient (Wildman–Crippen LogP) is 4.54. The molecule has 2 rings (SSSR count). The third-order valence-corrected chi connectivity index (χ3v) is 6.47. The highest BCUT2D eigenvalue weighted by Crippen LogP contribution is 2.33. The van der Waals surface area contributed by atoms with Crippen molar-refractivity contribution in [2.75, 3.05) is 13.1 Å². The van der Waals surface area contributed by atoms with E-state index in [4.69, 9.17) is 0 Å². The summed E-state index contributed by atoms with van der Waals surface area (Å²) in [4.78, 5) is 15.1. The molecule has 1 aromatic heterocycles. The molecule has 94 valence electrons. The Morgan fingerprint density at radius 2 is 2.24 bits per heavy atom. The maximum Gasteiger partial charge on any atom is 0.263 e. The second-order valence-electron chi connectivity index (χ2n) is 4.37. The van der Waals surface area contributed by atoms with Gasteiger partial charge in [0, 0.05) is 17.6 Å². The van der Waals surface area contributed by atoms with E-state index in [-0.39, 0.29) is 5.91 Å². The van der Waals surface area contributed by atoms with Gasteiger partial charge in [0.25, 0.3) is 5.91 Å². The van der Waals surface area contributed by atoms with Crippen LogP contribution in [0.3, 0.4) is 0 Å². The Morgan fingerprint density at radius 1 is 1.53 bits per heavy atom. The fraction of sp³-hybridized carbons (Fsp3) is 0.583. The second-order valence-corrected chi connectivity index (χ2v) is 7.60. The van der Waals surface area contributed by atoms with Crippen molar-refractivity contribution in [2.45, 2.75) is 26.2 Å². The van der Waals surface area contributed by atoms with Crippen LogP contribution in [0.1, 0.15) is 35.9 Å². The van der Waals surface area contributed by atoms with Gasteiger partial charge in [-0.05, 0) is 63.6 Å². The molecule has 0 N–H and O–H groups in total. The Balaban J connectivity index is 2.05. The molecule has 1 amide bonds. The van der Waals surface area contributed by atoms with Gasteiger partial charge in [-0.1, -0.05) is 6.42 Å². The first-order valence-corrected chi connectivity index (χ1v) is 8.26. The average Bonchev–Trinajstić information content (AvgIpc) is 2.57. The van der Waals surface area contributed by atoms with Crippen molar-refractivity contribution in [3.8, 4) is 0 Å². The molecule has 0 unspecified atom stereocenters. The number of hydrogen-bond donors (Lipinski definition) is 0. The minimum Gasteiger partial charge on any atom is -0.338 e. The molecule has 2 nitrogen and oxygen atoms in total. The lowest BCUT2D eigenvalue weighted by Crippen LogP contribution is -2.36. The fourth-order valence-electron chi connectivity index (χ4n) is 1.95. The zero-order chi connectivity index (χ0) is 12.4. The van der Waals surface area contributed by atoms with Crippen molar-refractivity contribution in [1.82, 2.24) is 4.90 Å². The SMILES string of the molecule is CCN(CC1CCC1)C(=O)c1cc(Br)c(Br)s1. The van der Waals surface area contributed by atoms with Gasteiger partial charge in [0.2, 0.25) is 0 Å². The summed E-state index contributed by atoms with van der Waals surface area (Å²) in [6.07, 6.45) is 3.88. The van der Waals surface area contributed by atoms with E-state index in [0.717, 1.165) is 32.1 Å². The van der Waals surface area contributed by atoms with Crippen molar-refractivity contribution >= 4 is 49.1 Å². The van der Waals surface area contributed by atoms with Crippen LogP contribution in [-0.4, -0.2) is 23.9 Å². The number of rotatable bonds is 4. The highest BCUT2D eigenvalue weighted by atomic mass is 79.9. The third-order valence-electron chi connectivity index (χ3n) is 3.23. The Kier molecular flexibility index (Phi) is 4.66. The minimum atomic E-state index is 0.163. The molecule has 0 atom stereocenters. The Morgan fingerprint density at radius 3 is 2.65 bits per heavy atom. The first-order chi connectivity index (χ1) is 8.11. The first kappa shape index (κ1) is 13.6. The van der Waals surface area contributed by atoms with Gasteiger partial charge in [0.15, 0.2) is 0 Å². The molecule has 5 heteroatoms. The number of carbonyl (C=O) groups is 1. The van der Waals surface area contributed by atoms with E-state index in [2.05, 4.69) is 31.9 Å². The number of halogens is 2. The smallest absolute Gasteiger partial charge is 0.263 e. The number of nitrogens with zero attached hydrogens (tertiary/aromatic N) is 1. The Labute approximate surface area is 123 Å². The molecule has 0 spiro atoms. The molecule has 0 aliphatic heterocycles. The van der Waals surface area contributed by atoms with Crippen molar-refractivity contribution < 1.29 is 4.79 Å². The molecule has 0 aromatic carbocycles. The Hall–Kier alpha value is 0.130. The normalized spacial score (nSPS) is 15.7. The summed E-state index contributed by atoms with van der Waals surface area (Å²) >= 11 is 8.35. The third kappa shape index (κ3) is 3.12. The summed E-state index contributed by atoms with van der Waals surface area (Å²) in [5.74, 6) is 0.890. The monoisotopic (exact) mass is 379 g/mol. The minimum absolute atomic E-state index is 0.163. The van der Waals surface area contributed by atoms with Crippen molar-refractivity contribution in [3.63, 3.8) is 0 Å². The van der Waals surface area contributed by atoms with E-state index < -0.39 is 0 Å². The van der Waals surface area contributed by atoms with Crippen LogP contribution in [0.5, 0.6) is 0 Å². The molecule has 1 fully saturated rings. The van der Waals surface area contributed by atoms with Crippen molar-refractivity contribution in [1.29, 1.82) is 0 Å². The van der Waals surface area contributed by atoms with E-state index >= 15 is 0 Å². The van der Waals surface area contributed by atoms with Crippen molar-refractivity contribution in [3.05, 3.63) is 19.2 Å². The number of hydrogen-bond acceptors (Lipinski definition) is 2. The molecule has 1 heterocycles. The highest BCUT2D eigenvalue weighted by Gasteiger charge is 2.24. The largest absolute Gasteiger partial charge is 0.338 e. The summed E-state index contributed by atoms with van der Waals surface area (Å²) in [7, 11) is 0. The first-order valence-electron chi connectivity index (χ1n) is 5.86. The Bertz CT molecular complexity index is 395. The number of carbonyl (C=O) groups excluding carboxylic acids is 1. The molecule has 1 saturated carbocycles. The average molecular weight is 381 g/mol. The van der Waals surface area contributed by atoms with Gasteiger partial charge in [0.05, 0.1) is 8.66 Å². The lowest BCUT2D eigenvalue weighted by Gasteiger charge is -2.31. The van der Waals surface area contributed by atoms with Gasteiger partial charge in [0.1, 0.15) is 0 Å². The van der Waals surface area contributed by atoms with Gasteiger partial charge in [-0.3, -0.25) is 4.79 Å². The van der Waals surface area contributed by atoms with E-state index in [1.54, 1.807) is 0 Å². The summed E-state index contributed by atoms with van der Waals surface area (Å²) in [6.45, 7) is 3.76. The van der Waals surface area contributed by atoms with Crippen LogP contribution in [0.2, 0.25) is 0 Å². The van der Waals surface area contributed by atoms with E-state index in [9.17, 15) is 4.79 Å². The molecular weight excluding hydrogens is 366 g/mol. The van der Waals surface area contributed by atoms with Crippen LogP contribution >= 0.6 is 43.2 Å². The van der Waals surface area contributed by atoms with Gasteiger partial charge in [-0.25, -0.2) is 0 Å². The van der Waals surface area contributed by atoms with E-state index in [0.29, 0.717) is 0 Å². The topological polar surface area (TPSA) is 20.3 Å². The van der Waals surface area contributed by atoms with Gasteiger partial charge < -0.3 is 4.90 Å². The van der Waals surface area contributed by atoms with Gasteiger partial charge in [-0.15, -0.1) is 11.3 Å². The number of amides is 1. The van der Waals surface area contributed by atoms with Crippen LogP contribution in [0, 0.1) is 5.92 Å². The van der Waals surface area contributed by atoms with Crippen LogP contribution in [0.4, 0.5) is 0 Å². The molecular formula is C12H15Br2NOS. The molecule has 1 aliphatic carbocycles. The van der Waals surface area contributed by atoms with Crippen LogP contribution in [0.15, 0.2) is 14.3 Å². The van der Waals surface area contributed by atoms with Crippen LogP contribution < -0.4 is 0 Å². The van der Waals surface area contributed by atoms with Crippen LogP contribution in [0.25, 0.3) is 0 Å². The van der Waals surface area contributed by atoms with Gasteiger partial charge in [-0.2, -0.15) is 0 Å². The maximum atomic E-state index is 12.3. The van der Waals surface area contributed by atoms with E-state index in [1.165, 1.54) is 30.6 Å². The molecule has 0 bridgehead atoms. The lowest BCUT2D eigenvalue weighted by atomic mass is 9.85. The standard InChI is InChI=1S/C12H15Br2NOS/c1-2-15(7-8-4-3-5-8)12(16)10-6-9(13)11(14)17-10/h6,8H,2-5,7H2,1H3. The molecule has 0 saturated heterocycles. The summed E-state index contributed by atoms with van der Waals surface area (Å²) in [6, 6.07) is 1.90. The predicted molar refractivity (Wildman–Crippen MR) is 78.6 cm³/mol. The van der Waals surface area contributed by atoms with Crippen molar-refractivity contribution in [2.24, 2.45) is 5.92 Å². The molecule has 1 aromatic rings. The molecule has 17 heavy (non-hydrogen) atoms. The quantitative estimate of drug-likeness (QED) is 0.750. The van der Waals surface area contributed by atoms with Crippen LogP contribution in [-0.2, 0) is 0 Å². The summed E-state index contributed by atoms with van der Waals surface area (Å²) in [5.41, 5.74) is 0. The maximum absolute atomic E-state index is 12.3. The molecule has 0 radical (unpaired) electrons. The lowest BCUT2D eigenvalue weighted by molar-refractivity contribution is 0.0711. The zero-order valence-electron chi connectivity index (χ0n) is 9.71. The summed E-state index contributed by atoms with van der Waals surface area (Å²) < 4.78 is 1.95. The van der Waals surface area contributed by atoms with E-state index in [1.807, 2.05) is 17.9 Å². The highest BCUT2D eigenvalue weighted by molar-refractivity contribution is 9.13. The fourth-order valence-corrected chi connectivity index (χ4v) is 3.95. The molecule has 1 aliphatic rings. The number of thiophene rings is 1. The second kappa shape index (κ2) is 5.85.